The molecule has 11 heavy (non-hydrogen) atoms. The minimum absolute atomic E-state index is 0.0753. The van der Waals surface area contributed by atoms with E-state index in [0.29, 0.717) is 6.42 Å². The van der Waals surface area contributed by atoms with E-state index in [0.717, 1.165) is 6.42 Å². The molecule has 0 aliphatic heterocycles. The van der Waals surface area contributed by atoms with Gasteiger partial charge in [-0.2, -0.15) is 0 Å². The molecule has 0 aromatic carbocycles. The molecule has 3 nitrogen and oxygen atoms in total. The van der Waals surface area contributed by atoms with Gasteiger partial charge in [0.2, 0.25) is 0 Å². The maximum absolute atomic E-state index is 9.74. The second-order valence-electron chi connectivity index (χ2n) is 3.83. The molecule has 0 amide bonds. The van der Waals surface area contributed by atoms with E-state index in [1.807, 2.05) is 13.8 Å². The summed E-state index contributed by atoms with van der Waals surface area (Å²) >= 11 is 0. The minimum atomic E-state index is -1.01. The molecule has 4 N–H and O–H groups in total. The van der Waals surface area contributed by atoms with Crippen LogP contribution in [0.4, 0.5) is 0 Å². The Morgan fingerprint density at radius 3 is 2.18 bits per heavy atom. The van der Waals surface area contributed by atoms with E-state index in [4.69, 9.17) is 5.73 Å². The molecule has 1 saturated carbocycles. The summed E-state index contributed by atoms with van der Waals surface area (Å²) in [5.41, 5.74) is 4.58. The van der Waals surface area contributed by atoms with Crippen LogP contribution in [0.25, 0.3) is 0 Å². The van der Waals surface area contributed by atoms with Crippen molar-refractivity contribution < 1.29 is 10.2 Å². The van der Waals surface area contributed by atoms with Crippen molar-refractivity contribution in [1.82, 2.24) is 0 Å². The highest BCUT2D eigenvalue weighted by Gasteiger charge is 2.49. The Balaban J connectivity index is 2.58. The highest BCUT2D eigenvalue weighted by molar-refractivity contribution is 5.04. The summed E-state index contributed by atoms with van der Waals surface area (Å²) in [5, 5.41) is 19.3. The van der Waals surface area contributed by atoms with Crippen molar-refractivity contribution in [3.8, 4) is 0 Å². The van der Waals surface area contributed by atoms with E-state index in [9.17, 15) is 10.2 Å². The van der Waals surface area contributed by atoms with E-state index in [-0.39, 0.29) is 12.0 Å². The third-order valence-electron chi connectivity index (χ3n) is 2.64. The Morgan fingerprint density at radius 2 is 2.09 bits per heavy atom. The average molecular weight is 159 g/mol. The molecule has 0 bridgehead atoms. The van der Waals surface area contributed by atoms with Gasteiger partial charge in [-0.1, -0.05) is 13.8 Å². The molecular formula is C8H17NO2. The Hall–Kier alpha value is -0.120. The van der Waals surface area contributed by atoms with E-state index in [2.05, 4.69) is 0 Å². The van der Waals surface area contributed by atoms with Crippen LogP contribution < -0.4 is 5.73 Å². The summed E-state index contributed by atoms with van der Waals surface area (Å²) in [4.78, 5) is 0. The topological polar surface area (TPSA) is 66.5 Å². The van der Waals surface area contributed by atoms with Gasteiger partial charge in [-0.05, 0) is 18.8 Å². The standard InChI is InChI=1S/C8H17NO2/c1-5(2)7(10)8(11)4-3-6(8)9/h5-7,10-11H,3-4,9H2,1-2H3. The van der Waals surface area contributed by atoms with Gasteiger partial charge in [0.1, 0.15) is 5.60 Å². The van der Waals surface area contributed by atoms with Crippen LogP contribution in [0.3, 0.4) is 0 Å². The number of nitrogens with two attached hydrogens (primary N) is 1. The molecule has 3 heteroatoms. The van der Waals surface area contributed by atoms with Gasteiger partial charge in [-0.25, -0.2) is 0 Å². The molecule has 1 rings (SSSR count). The van der Waals surface area contributed by atoms with Crippen LogP contribution in [0.15, 0.2) is 0 Å². The monoisotopic (exact) mass is 159 g/mol. The zero-order valence-corrected chi connectivity index (χ0v) is 7.12. The van der Waals surface area contributed by atoms with Crippen LogP contribution in [0.2, 0.25) is 0 Å². The second kappa shape index (κ2) is 2.73. The Labute approximate surface area is 67.2 Å². The third kappa shape index (κ3) is 1.28. The van der Waals surface area contributed by atoms with E-state index in [1.54, 1.807) is 0 Å². The SMILES string of the molecule is CC(C)C(O)C1(O)CCC1N. The quantitative estimate of drug-likeness (QED) is 0.525. The van der Waals surface area contributed by atoms with Gasteiger partial charge in [0.05, 0.1) is 6.10 Å². The molecule has 1 aliphatic carbocycles. The fraction of sp³-hybridized carbons (Fsp3) is 1.00. The minimum Gasteiger partial charge on any atom is -0.390 e. The molecule has 66 valence electrons. The Bertz CT molecular complexity index is 149. The van der Waals surface area contributed by atoms with Crippen molar-refractivity contribution in [1.29, 1.82) is 0 Å². The van der Waals surface area contributed by atoms with Gasteiger partial charge in [-0.3, -0.25) is 0 Å². The van der Waals surface area contributed by atoms with Crippen molar-refractivity contribution in [2.75, 3.05) is 0 Å². The predicted octanol–water partition coefficient (Wildman–Crippen LogP) is -0.144. The maximum Gasteiger partial charge on any atom is 0.106 e. The van der Waals surface area contributed by atoms with Crippen LogP contribution in [-0.4, -0.2) is 28.0 Å². The zero-order valence-electron chi connectivity index (χ0n) is 7.12. The van der Waals surface area contributed by atoms with E-state index >= 15 is 0 Å². The van der Waals surface area contributed by atoms with Gasteiger partial charge in [0, 0.05) is 6.04 Å². The summed E-state index contributed by atoms with van der Waals surface area (Å²) in [6.45, 7) is 3.77. The van der Waals surface area contributed by atoms with Crippen LogP contribution in [-0.2, 0) is 0 Å². The van der Waals surface area contributed by atoms with Gasteiger partial charge < -0.3 is 15.9 Å². The Kier molecular flexibility index (Phi) is 2.23. The summed E-state index contributed by atoms with van der Waals surface area (Å²) in [6.07, 6.45) is 0.777. The number of aliphatic hydroxyl groups is 2. The third-order valence-corrected chi connectivity index (χ3v) is 2.64. The van der Waals surface area contributed by atoms with Gasteiger partial charge in [0.25, 0.3) is 0 Å². The summed E-state index contributed by atoms with van der Waals surface area (Å²) in [5.74, 6) is 0.0753. The highest BCUT2D eigenvalue weighted by atomic mass is 16.3. The lowest BCUT2D eigenvalue weighted by atomic mass is 9.69. The van der Waals surface area contributed by atoms with Crippen molar-refractivity contribution in [3.63, 3.8) is 0 Å². The molecule has 0 heterocycles. The first kappa shape index (κ1) is 8.97. The second-order valence-corrected chi connectivity index (χ2v) is 3.83. The van der Waals surface area contributed by atoms with Gasteiger partial charge in [-0.15, -0.1) is 0 Å². The van der Waals surface area contributed by atoms with E-state index < -0.39 is 11.7 Å². The Morgan fingerprint density at radius 1 is 1.55 bits per heavy atom. The molecule has 0 aromatic rings. The lowest BCUT2D eigenvalue weighted by molar-refractivity contribution is -0.154. The largest absolute Gasteiger partial charge is 0.390 e. The fourth-order valence-corrected chi connectivity index (χ4v) is 1.55. The van der Waals surface area contributed by atoms with Crippen LogP contribution >= 0.6 is 0 Å². The molecule has 0 spiro atoms. The summed E-state index contributed by atoms with van der Waals surface area (Å²) in [7, 11) is 0. The van der Waals surface area contributed by atoms with Crippen LogP contribution in [0.5, 0.6) is 0 Å². The fourth-order valence-electron chi connectivity index (χ4n) is 1.55. The average Bonchev–Trinajstić information content (AvgIpc) is 1.98. The summed E-state index contributed by atoms with van der Waals surface area (Å²) < 4.78 is 0. The molecule has 3 atom stereocenters. The van der Waals surface area contributed by atoms with Gasteiger partial charge in [0.15, 0.2) is 0 Å². The van der Waals surface area contributed by atoms with Crippen molar-refractivity contribution in [3.05, 3.63) is 0 Å². The molecule has 0 saturated heterocycles. The number of rotatable bonds is 2. The lowest BCUT2D eigenvalue weighted by Crippen LogP contribution is -2.64. The van der Waals surface area contributed by atoms with E-state index in [1.165, 1.54) is 0 Å². The first-order valence-corrected chi connectivity index (χ1v) is 4.14. The molecule has 3 unspecified atom stereocenters. The molecule has 1 fully saturated rings. The molecule has 0 radical (unpaired) electrons. The van der Waals surface area contributed by atoms with Crippen molar-refractivity contribution in [2.45, 2.75) is 44.4 Å². The normalized spacial score (nSPS) is 40.4. The van der Waals surface area contributed by atoms with Crippen LogP contribution in [0.1, 0.15) is 26.7 Å². The summed E-state index contributed by atoms with van der Waals surface area (Å²) in [6, 6.07) is -0.236. The zero-order chi connectivity index (χ0) is 8.65. The number of aliphatic hydroxyl groups excluding tert-OH is 1. The number of hydrogen-bond donors (Lipinski definition) is 3. The smallest absolute Gasteiger partial charge is 0.106 e. The first-order chi connectivity index (χ1) is 4.98. The molecular weight excluding hydrogens is 142 g/mol. The van der Waals surface area contributed by atoms with Crippen LogP contribution in [0, 0.1) is 5.92 Å². The predicted molar refractivity (Wildman–Crippen MR) is 43.0 cm³/mol. The van der Waals surface area contributed by atoms with Gasteiger partial charge >= 0.3 is 0 Å². The van der Waals surface area contributed by atoms with Crippen molar-refractivity contribution in [2.24, 2.45) is 11.7 Å². The lowest BCUT2D eigenvalue weighted by Gasteiger charge is -2.47. The highest BCUT2D eigenvalue weighted by Crippen LogP contribution is 2.36. The number of hydrogen-bond acceptors (Lipinski definition) is 3. The van der Waals surface area contributed by atoms with Crippen molar-refractivity contribution >= 4 is 0 Å². The molecule has 0 aromatic heterocycles. The first-order valence-electron chi connectivity index (χ1n) is 4.14. The maximum atomic E-state index is 9.74. The molecule has 1 aliphatic rings.